The summed E-state index contributed by atoms with van der Waals surface area (Å²) in [5.74, 6) is 1.45. The summed E-state index contributed by atoms with van der Waals surface area (Å²) in [6.07, 6.45) is 3.11. The van der Waals surface area contributed by atoms with Crippen LogP contribution in [0.3, 0.4) is 0 Å². The third-order valence-electron chi connectivity index (χ3n) is 3.86. The lowest BCUT2D eigenvalue weighted by Gasteiger charge is -2.19. The molecule has 2 aromatic rings. The molecule has 2 aliphatic rings. The van der Waals surface area contributed by atoms with Gasteiger partial charge in [0.2, 0.25) is 0 Å². The molecule has 2 bridgehead atoms. The third kappa shape index (κ3) is 1.22. The van der Waals surface area contributed by atoms with Crippen LogP contribution < -0.4 is 5.32 Å². The summed E-state index contributed by atoms with van der Waals surface area (Å²) in [5, 5.41) is 3.51. The molecule has 2 unspecified atom stereocenters. The Morgan fingerprint density at radius 1 is 1.12 bits per heavy atom. The summed E-state index contributed by atoms with van der Waals surface area (Å²) in [4.78, 5) is 7.53. The first-order chi connectivity index (χ1) is 7.42. The number of hydrogen-bond acceptors (Lipinski definition) is 2. The fourth-order valence-corrected chi connectivity index (χ4v) is 3.14. The van der Waals surface area contributed by atoms with Gasteiger partial charge < -0.3 is 10.3 Å². The molecule has 1 aliphatic carbocycles. The molecule has 4 rings (SSSR count). The number of rotatable bonds is 0. The topological polar surface area (TPSA) is 40.7 Å². The highest BCUT2D eigenvalue weighted by atomic mass is 35.5. The van der Waals surface area contributed by atoms with E-state index in [0.29, 0.717) is 0 Å². The molecule has 1 aliphatic heterocycles. The van der Waals surface area contributed by atoms with Gasteiger partial charge in [0.1, 0.15) is 0 Å². The summed E-state index contributed by atoms with van der Waals surface area (Å²) >= 11 is 0. The van der Waals surface area contributed by atoms with Crippen molar-refractivity contribution in [2.24, 2.45) is 0 Å². The number of fused-ring (bicyclic) bond motifs is 6. The normalized spacial score (nSPS) is 26.5. The van der Waals surface area contributed by atoms with Gasteiger partial charge in [-0.1, -0.05) is 0 Å². The van der Waals surface area contributed by atoms with E-state index in [1.807, 2.05) is 0 Å². The minimum absolute atomic E-state index is 0. The second-order valence-electron chi connectivity index (χ2n) is 4.69. The largest absolute Gasteiger partial charge is 0.345 e. The Morgan fingerprint density at radius 2 is 1.88 bits per heavy atom. The molecule has 1 saturated heterocycles. The number of nitrogens with zero attached hydrogens (tertiary/aromatic N) is 1. The monoisotopic (exact) mass is 235 g/mol. The highest BCUT2D eigenvalue weighted by Crippen LogP contribution is 2.44. The number of nitrogens with one attached hydrogen (secondary N) is 2. The van der Waals surface area contributed by atoms with Crippen molar-refractivity contribution in [3.8, 4) is 0 Å². The van der Waals surface area contributed by atoms with Crippen LogP contribution in [0.4, 0.5) is 0 Å². The summed E-state index contributed by atoms with van der Waals surface area (Å²) < 4.78 is 0. The van der Waals surface area contributed by atoms with Crippen LogP contribution in [0.5, 0.6) is 0 Å². The zero-order chi connectivity index (χ0) is 9.83. The van der Waals surface area contributed by atoms with Gasteiger partial charge in [0.25, 0.3) is 0 Å². The van der Waals surface area contributed by atoms with E-state index < -0.39 is 0 Å². The minimum atomic E-state index is 0. The predicted molar refractivity (Wildman–Crippen MR) is 66.3 cm³/mol. The number of aromatic nitrogens is 2. The van der Waals surface area contributed by atoms with Crippen molar-refractivity contribution in [1.29, 1.82) is 0 Å². The van der Waals surface area contributed by atoms with E-state index >= 15 is 0 Å². The first kappa shape index (κ1) is 10.1. The molecule has 2 heterocycles. The molecule has 1 aromatic heterocycles. The van der Waals surface area contributed by atoms with E-state index in [9.17, 15) is 0 Å². The van der Waals surface area contributed by atoms with Crippen molar-refractivity contribution in [2.75, 3.05) is 13.1 Å². The van der Waals surface area contributed by atoms with Crippen molar-refractivity contribution < 1.29 is 0 Å². The zero-order valence-corrected chi connectivity index (χ0v) is 9.68. The quantitative estimate of drug-likeness (QED) is 0.735. The van der Waals surface area contributed by atoms with Crippen LogP contribution in [0.25, 0.3) is 11.0 Å². The highest BCUT2D eigenvalue weighted by Gasteiger charge is 2.34. The van der Waals surface area contributed by atoms with Crippen molar-refractivity contribution >= 4 is 23.4 Å². The molecule has 2 atom stereocenters. The Balaban J connectivity index is 0.000000810. The smallest absolute Gasteiger partial charge is 0.0931 e. The molecule has 1 aromatic carbocycles. The van der Waals surface area contributed by atoms with Crippen LogP contribution in [-0.2, 0) is 0 Å². The van der Waals surface area contributed by atoms with Crippen LogP contribution in [-0.4, -0.2) is 23.1 Å². The van der Waals surface area contributed by atoms with Gasteiger partial charge in [0, 0.05) is 13.1 Å². The number of halogens is 1. The molecule has 1 fully saturated rings. The molecule has 0 saturated carbocycles. The maximum atomic E-state index is 4.33. The molecule has 4 heteroatoms. The van der Waals surface area contributed by atoms with Crippen LogP contribution in [0, 0.1) is 0 Å². The average molecular weight is 236 g/mol. The van der Waals surface area contributed by atoms with Gasteiger partial charge in [-0.05, 0) is 41.5 Å². The SMILES string of the molecule is Cl.c1nc2cc3c(cc2[nH]1)C1CNCC3C1. The summed E-state index contributed by atoms with van der Waals surface area (Å²) in [5.41, 5.74) is 5.37. The molecule has 84 valence electrons. The van der Waals surface area contributed by atoms with Gasteiger partial charge in [0.15, 0.2) is 0 Å². The lowest BCUT2D eigenvalue weighted by atomic mass is 9.98. The van der Waals surface area contributed by atoms with Crippen LogP contribution in [0.2, 0.25) is 0 Å². The van der Waals surface area contributed by atoms with Gasteiger partial charge in [-0.25, -0.2) is 4.98 Å². The number of benzene rings is 1. The van der Waals surface area contributed by atoms with Crippen LogP contribution in [0.1, 0.15) is 29.4 Å². The van der Waals surface area contributed by atoms with Crippen molar-refractivity contribution in [1.82, 2.24) is 15.3 Å². The number of piperidine rings is 1. The van der Waals surface area contributed by atoms with E-state index in [-0.39, 0.29) is 12.4 Å². The number of hydrogen-bond donors (Lipinski definition) is 2. The Bertz CT molecular complexity index is 490. The summed E-state index contributed by atoms with van der Waals surface area (Å²) in [6, 6.07) is 4.58. The molecule has 3 nitrogen and oxygen atoms in total. The molecule has 0 spiro atoms. The predicted octanol–water partition coefficient (Wildman–Crippen LogP) is 2.16. The number of aromatic amines is 1. The molecule has 2 N–H and O–H groups in total. The Hall–Kier alpha value is -1.06. The Kier molecular flexibility index (Phi) is 2.19. The van der Waals surface area contributed by atoms with Gasteiger partial charge in [-0.15, -0.1) is 12.4 Å². The first-order valence-electron chi connectivity index (χ1n) is 5.59. The highest BCUT2D eigenvalue weighted by molar-refractivity contribution is 5.85. The van der Waals surface area contributed by atoms with Crippen molar-refractivity contribution in [2.45, 2.75) is 18.3 Å². The zero-order valence-electron chi connectivity index (χ0n) is 8.86. The standard InChI is InChI=1S/C12H13N3.ClH/c1-7-4-13-5-8(1)10-3-12-11(2-9(7)10)14-6-15-12;/h2-3,6-8,13H,1,4-5H2,(H,14,15);1H. The lowest BCUT2D eigenvalue weighted by molar-refractivity contribution is 0.454. The van der Waals surface area contributed by atoms with Crippen LogP contribution in [0.15, 0.2) is 18.5 Å². The van der Waals surface area contributed by atoms with Crippen LogP contribution >= 0.6 is 12.4 Å². The van der Waals surface area contributed by atoms with Gasteiger partial charge in [-0.3, -0.25) is 0 Å². The number of H-pyrrole nitrogens is 1. The van der Waals surface area contributed by atoms with Gasteiger partial charge in [-0.2, -0.15) is 0 Å². The van der Waals surface area contributed by atoms with Crippen molar-refractivity contribution in [3.05, 3.63) is 29.6 Å². The third-order valence-corrected chi connectivity index (χ3v) is 3.86. The van der Waals surface area contributed by atoms with E-state index in [1.165, 1.54) is 17.5 Å². The van der Waals surface area contributed by atoms with E-state index in [2.05, 4.69) is 27.4 Å². The molecule has 0 radical (unpaired) electrons. The summed E-state index contributed by atoms with van der Waals surface area (Å²) in [7, 11) is 0. The van der Waals surface area contributed by atoms with Gasteiger partial charge >= 0.3 is 0 Å². The van der Waals surface area contributed by atoms with Crippen molar-refractivity contribution in [3.63, 3.8) is 0 Å². The maximum Gasteiger partial charge on any atom is 0.0931 e. The lowest BCUT2D eigenvalue weighted by Crippen LogP contribution is -2.28. The number of imidazole rings is 1. The Labute approximate surface area is 100 Å². The summed E-state index contributed by atoms with van der Waals surface area (Å²) in [6.45, 7) is 2.28. The second-order valence-corrected chi connectivity index (χ2v) is 4.69. The first-order valence-corrected chi connectivity index (χ1v) is 5.59. The molecular formula is C12H14ClN3. The van der Waals surface area contributed by atoms with E-state index in [1.54, 1.807) is 11.9 Å². The molecule has 0 amide bonds. The van der Waals surface area contributed by atoms with E-state index in [4.69, 9.17) is 0 Å². The van der Waals surface area contributed by atoms with E-state index in [0.717, 1.165) is 30.4 Å². The molecular weight excluding hydrogens is 222 g/mol. The Morgan fingerprint density at radius 3 is 2.69 bits per heavy atom. The second kappa shape index (κ2) is 3.47. The van der Waals surface area contributed by atoms with Gasteiger partial charge in [0.05, 0.1) is 17.4 Å². The average Bonchev–Trinajstić information content (AvgIpc) is 2.82. The maximum absolute atomic E-state index is 4.33. The minimum Gasteiger partial charge on any atom is -0.345 e. The fourth-order valence-electron chi connectivity index (χ4n) is 3.14. The fraction of sp³-hybridized carbons (Fsp3) is 0.417. The molecule has 16 heavy (non-hydrogen) atoms.